The summed E-state index contributed by atoms with van der Waals surface area (Å²) in [6.07, 6.45) is 4.40. The largest absolute Gasteiger partial charge is 0.388 e. The zero-order valence-corrected chi connectivity index (χ0v) is 18.9. The van der Waals surface area contributed by atoms with Gasteiger partial charge in [0.1, 0.15) is 18.3 Å². The summed E-state index contributed by atoms with van der Waals surface area (Å²) < 4.78 is 16.4. The molecule has 12 heteroatoms. The lowest BCUT2D eigenvalue weighted by Crippen LogP contribution is -2.58. The molecule has 4 rings (SSSR count). The van der Waals surface area contributed by atoms with Crippen LogP contribution in [-0.2, 0) is 23.8 Å². The Hall–Kier alpha value is -2.32. The maximum atomic E-state index is 13.2. The molecule has 6 N–H and O–H groups in total. The van der Waals surface area contributed by atoms with Crippen molar-refractivity contribution in [1.82, 2.24) is 21.3 Å². The van der Waals surface area contributed by atoms with Gasteiger partial charge in [-0.1, -0.05) is 24.3 Å². The number of ether oxygens (including phenoxy) is 3. The summed E-state index contributed by atoms with van der Waals surface area (Å²) >= 11 is 0. The van der Waals surface area contributed by atoms with Gasteiger partial charge in [-0.05, 0) is 13.3 Å². The summed E-state index contributed by atoms with van der Waals surface area (Å²) in [5.74, 6) is -0.173. The van der Waals surface area contributed by atoms with Crippen molar-refractivity contribution in [3.8, 4) is 0 Å². The van der Waals surface area contributed by atoms with E-state index >= 15 is 0 Å². The molecule has 3 heterocycles. The molecule has 0 radical (unpaired) electrons. The molecule has 1 amide bonds. The molecule has 3 unspecified atom stereocenters. The Balaban J connectivity index is 1.18. The maximum absolute atomic E-state index is 13.2. The lowest BCUT2D eigenvalue weighted by atomic mass is 9.71. The van der Waals surface area contributed by atoms with Crippen molar-refractivity contribution in [2.24, 2.45) is 5.41 Å². The molecule has 7 atom stereocenters. The topological polar surface area (TPSA) is 162 Å². The molecule has 0 saturated carbocycles. The van der Waals surface area contributed by atoms with Crippen LogP contribution < -0.4 is 16.2 Å². The summed E-state index contributed by atoms with van der Waals surface area (Å²) in [5.41, 5.74) is 6.10. The average molecular weight is 481 g/mol. The van der Waals surface area contributed by atoms with Crippen LogP contribution in [0, 0.1) is 5.41 Å². The summed E-state index contributed by atoms with van der Waals surface area (Å²) in [7, 11) is 0. The first kappa shape index (κ1) is 24.8. The van der Waals surface area contributed by atoms with Gasteiger partial charge in [-0.25, -0.2) is 0 Å². The van der Waals surface area contributed by atoms with Crippen LogP contribution in [0.25, 0.3) is 0 Å². The van der Waals surface area contributed by atoms with Gasteiger partial charge < -0.3 is 45.7 Å². The van der Waals surface area contributed by atoms with E-state index in [1.807, 2.05) is 24.3 Å². The van der Waals surface area contributed by atoms with E-state index in [4.69, 9.17) is 14.2 Å². The van der Waals surface area contributed by atoms with E-state index in [0.29, 0.717) is 25.3 Å². The molecule has 3 aliphatic heterocycles. The first-order valence-electron chi connectivity index (χ1n) is 11.4. The first-order chi connectivity index (χ1) is 16.3. The number of allylic oxidation sites excluding steroid dienone is 4. The highest BCUT2D eigenvalue weighted by Crippen LogP contribution is 2.39. The highest BCUT2D eigenvalue weighted by Gasteiger charge is 2.48. The fourth-order valence-corrected chi connectivity index (χ4v) is 4.30. The second kappa shape index (κ2) is 10.5. The highest BCUT2D eigenvalue weighted by atomic mass is 16.7. The van der Waals surface area contributed by atoms with Crippen molar-refractivity contribution in [3.63, 3.8) is 0 Å². The quantitative estimate of drug-likeness (QED) is 0.151. The van der Waals surface area contributed by atoms with Gasteiger partial charge in [0.05, 0.1) is 56.0 Å². The van der Waals surface area contributed by atoms with E-state index < -0.39 is 42.2 Å². The van der Waals surface area contributed by atoms with Gasteiger partial charge in [0.15, 0.2) is 12.1 Å². The van der Waals surface area contributed by atoms with Gasteiger partial charge in [0, 0.05) is 6.20 Å². The van der Waals surface area contributed by atoms with Gasteiger partial charge in [-0.2, -0.15) is 0 Å². The summed E-state index contributed by atoms with van der Waals surface area (Å²) in [6, 6.07) is -0.484. The van der Waals surface area contributed by atoms with Crippen molar-refractivity contribution in [3.05, 3.63) is 36.2 Å². The number of hydrogen-bond donors (Lipinski definition) is 6. The van der Waals surface area contributed by atoms with E-state index in [0.717, 1.165) is 0 Å². The number of amides is 1. The highest BCUT2D eigenvalue weighted by molar-refractivity contribution is 6.03. The van der Waals surface area contributed by atoms with Crippen molar-refractivity contribution in [2.45, 2.75) is 56.5 Å². The molecule has 0 aromatic carbocycles. The number of carbonyl (C=O) groups excluding carboxylic acids is 2. The lowest BCUT2D eigenvalue weighted by Gasteiger charge is -2.38. The molecule has 4 aliphatic rings. The summed E-state index contributed by atoms with van der Waals surface area (Å²) in [5, 5.41) is 33.8. The van der Waals surface area contributed by atoms with Crippen LogP contribution in [0.2, 0.25) is 0 Å². The zero-order chi connectivity index (χ0) is 24.3. The monoisotopic (exact) mass is 480 g/mol. The van der Waals surface area contributed by atoms with Gasteiger partial charge in [0.25, 0.3) is 0 Å². The maximum Gasteiger partial charge on any atom is 0.223 e. The third kappa shape index (κ3) is 5.03. The molecule has 12 nitrogen and oxygen atoms in total. The fraction of sp³-hybridized carbons (Fsp3) is 0.636. The van der Waals surface area contributed by atoms with E-state index in [9.17, 15) is 24.9 Å². The molecule has 2 fully saturated rings. The first-order valence-corrected chi connectivity index (χ1v) is 11.4. The molecular formula is C22H32N4O8. The number of β-lactam (4-membered cyclic amide) rings is 1. The zero-order valence-electron chi connectivity index (χ0n) is 18.9. The van der Waals surface area contributed by atoms with Crippen molar-refractivity contribution in [2.75, 3.05) is 26.4 Å². The predicted molar refractivity (Wildman–Crippen MR) is 117 cm³/mol. The number of aliphatic hydroxyl groups excluding tert-OH is 3. The average Bonchev–Trinajstić information content (AvgIpc) is 3.30. The molecule has 0 aromatic rings. The number of carbonyl (C=O) groups is 2. The molecule has 0 aromatic heterocycles. The van der Waals surface area contributed by atoms with E-state index in [1.54, 1.807) is 18.2 Å². The van der Waals surface area contributed by atoms with Gasteiger partial charge in [0.2, 0.25) is 5.91 Å². The number of hydrazine groups is 2. The molecule has 0 spiro atoms. The minimum atomic E-state index is -1.35. The number of rotatable bonds is 10. The Bertz CT molecular complexity index is 856. The smallest absolute Gasteiger partial charge is 0.223 e. The van der Waals surface area contributed by atoms with Gasteiger partial charge in [-0.3, -0.25) is 9.59 Å². The number of ketones is 1. The molecule has 2 saturated heterocycles. The second-order valence-electron chi connectivity index (χ2n) is 8.77. The molecule has 1 aliphatic carbocycles. The minimum absolute atomic E-state index is 0.0532. The third-order valence-corrected chi connectivity index (χ3v) is 6.43. The number of aliphatic hydroxyl groups is 3. The normalized spacial score (nSPS) is 37.4. The standard InChI is InChI=1S/C22H32N4O8/c1-13-17(28)18(29)19(30)21(34-13)33-10-9-32-8-7-26-23-12-15(25-26)22(5-3-2-4-6-22)20(31)14-11-16(27)24-14/h2-5,12-14,17-19,21,23,25,28-30H,6-11H2,1H3,(H,24,27)/t13-,14?,17+,18+,19-,21?,22?/m0/s1. The molecule has 0 bridgehead atoms. The SMILES string of the molecule is C[C@@H]1OC(OCCOCCN2NC=C(C3(C(=O)C4CC(=O)N4)C=CC=CC3)N2)[C@@H](O)[C@H](O)[C@@H]1O. The van der Waals surface area contributed by atoms with Gasteiger partial charge >= 0.3 is 0 Å². The van der Waals surface area contributed by atoms with Gasteiger partial charge in [-0.15, -0.1) is 5.12 Å². The molecule has 34 heavy (non-hydrogen) atoms. The lowest BCUT2D eigenvalue weighted by molar-refractivity contribution is -0.294. The predicted octanol–water partition coefficient (Wildman–Crippen LogP) is -2.03. The van der Waals surface area contributed by atoms with Crippen LogP contribution in [-0.4, -0.2) is 95.2 Å². The van der Waals surface area contributed by atoms with Crippen LogP contribution in [0.1, 0.15) is 19.8 Å². The minimum Gasteiger partial charge on any atom is -0.388 e. The van der Waals surface area contributed by atoms with E-state index in [1.165, 1.54) is 0 Å². The van der Waals surface area contributed by atoms with E-state index in [2.05, 4.69) is 16.2 Å². The van der Waals surface area contributed by atoms with Crippen LogP contribution in [0.3, 0.4) is 0 Å². The third-order valence-electron chi connectivity index (χ3n) is 6.43. The van der Waals surface area contributed by atoms with Crippen LogP contribution in [0.15, 0.2) is 36.2 Å². The van der Waals surface area contributed by atoms with Crippen LogP contribution in [0.4, 0.5) is 0 Å². The molecule has 188 valence electrons. The Morgan fingerprint density at radius 3 is 2.71 bits per heavy atom. The number of nitrogens with one attached hydrogen (secondary N) is 3. The van der Waals surface area contributed by atoms with Crippen LogP contribution >= 0.6 is 0 Å². The Morgan fingerprint density at radius 2 is 2.00 bits per heavy atom. The summed E-state index contributed by atoms with van der Waals surface area (Å²) in [4.78, 5) is 24.5. The number of Topliss-reactive ketones (excluding diaryl/α,β-unsaturated/α-hetero) is 1. The van der Waals surface area contributed by atoms with Crippen LogP contribution in [0.5, 0.6) is 0 Å². The van der Waals surface area contributed by atoms with Crippen molar-refractivity contribution in [1.29, 1.82) is 0 Å². The number of hydrogen-bond acceptors (Lipinski definition) is 11. The van der Waals surface area contributed by atoms with E-state index in [-0.39, 0.29) is 31.3 Å². The van der Waals surface area contributed by atoms with Crippen molar-refractivity contribution >= 4 is 11.7 Å². The Labute approximate surface area is 197 Å². The molecular weight excluding hydrogens is 448 g/mol. The Morgan fingerprint density at radius 1 is 1.21 bits per heavy atom. The van der Waals surface area contributed by atoms with Crippen molar-refractivity contribution < 1.29 is 39.1 Å². The Kier molecular flexibility index (Phi) is 7.67. The second-order valence-corrected chi connectivity index (χ2v) is 8.77. The fourth-order valence-electron chi connectivity index (χ4n) is 4.30. The summed E-state index contributed by atoms with van der Waals surface area (Å²) in [6.45, 7) is 2.74. The number of nitrogens with zero attached hydrogens (tertiary/aromatic N) is 1.